The molecule has 0 bridgehead atoms. The van der Waals surface area contributed by atoms with E-state index in [-0.39, 0.29) is 5.75 Å². The van der Waals surface area contributed by atoms with Gasteiger partial charge < -0.3 is 4.74 Å². The Morgan fingerprint density at radius 1 is 1.31 bits per heavy atom. The van der Waals surface area contributed by atoms with Gasteiger partial charge >= 0.3 is 5.97 Å². The van der Waals surface area contributed by atoms with Crippen LogP contribution in [-0.4, -0.2) is 21.5 Å². The molecule has 5 heteroatoms. The Kier molecular flexibility index (Phi) is 4.25. The molecule has 1 aromatic carbocycles. The molecule has 16 heavy (non-hydrogen) atoms. The summed E-state index contributed by atoms with van der Waals surface area (Å²) in [5, 5.41) is 0.867. The fourth-order valence-corrected chi connectivity index (χ4v) is 2.15. The number of carbonyl (C=O) groups excluding carboxylic acids is 1. The van der Waals surface area contributed by atoms with Crippen LogP contribution in [0.1, 0.15) is 5.56 Å². The molecule has 0 saturated carbocycles. The van der Waals surface area contributed by atoms with E-state index in [4.69, 9.17) is 0 Å². The minimum absolute atomic E-state index is 0.124. The summed E-state index contributed by atoms with van der Waals surface area (Å²) in [6.45, 7) is 0. The lowest BCUT2D eigenvalue weighted by atomic mass is 10.2. The topological polar surface area (TPSA) is 60.4 Å². The standard InChI is InChI=1S/C11H12O4S/c1-15-11(12)7-8-16(13,14)9-10-5-3-2-4-6-10/h2-8H,9H2,1H3/b8-7+. The van der Waals surface area contributed by atoms with Crippen LogP contribution in [0, 0.1) is 0 Å². The van der Waals surface area contributed by atoms with Crippen LogP contribution in [0.15, 0.2) is 41.8 Å². The summed E-state index contributed by atoms with van der Waals surface area (Å²) >= 11 is 0. The predicted octanol–water partition coefficient (Wildman–Crippen LogP) is 1.29. The van der Waals surface area contributed by atoms with Gasteiger partial charge in [0.1, 0.15) is 0 Å². The first-order valence-electron chi connectivity index (χ1n) is 4.56. The maximum atomic E-state index is 11.5. The second-order valence-electron chi connectivity index (χ2n) is 3.12. The molecule has 0 radical (unpaired) electrons. The molecule has 0 aliphatic carbocycles. The third-order valence-corrected chi connectivity index (χ3v) is 3.11. The van der Waals surface area contributed by atoms with Crippen LogP contribution in [0.3, 0.4) is 0 Å². The van der Waals surface area contributed by atoms with Crippen LogP contribution < -0.4 is 0 Å². The smallest absolute Gasteiger partial charge is 0.331 e. The first-order chi connectivity index (χ1) is 7.53. The second-order valence-corrected chi connectivity index (χ2v) is 5.01. The zero-order valence-electron chi connectivity index (χ0n) is 8.79. The van der Waals surface area contributed by atoms with Crippen molar-refractivity contribution < 1.29 is 17.9 Å². The Morgan fingerprint density at radius 3 is 2.50 bits per heavy atom. The second kappa shape index (κ2) is 5.46. The largest absolute Gasteiger partial charge is 0.466 e. The summed E-state index contributed by atoms with van der Waals surface area (Å²) in [6.07, 6.45) is 0.901. The molecule has 0 aliphatic heterocycles. The van der Waals surface area contributed by atoms with Crippen molar-refractivity contribution in [3.8, 4) is 0 Å². The van der Waals surface area contributed by atoms with Crippen LogP contribution in [0.5, 0.6) is 0 Å². The molecular formula is C11H12O4S. The summed E-state index contributed by atoms with van der Waals surface area (Å²) in [5.41, 5.74) is 0.678. The summed E-state index contributed by atoms with van der Waals surface area (Å²) in [5.74, 6) is -0.807. The molecule has 4 nitrogen and oxygen atoms in total. The van der Waals surface area contributed by atoms with Gasteiger partial charge in [-0.3, -0.25) is 0 Å². The van der Waals surface area contributed by atoms with Crippen molar-refractivity contribution in [3.63, 3.8) is 0 Å². The number of hydrogen-bond acceptors (Lipinski definition) is 4. The van der Waals surface area contributed by atoms with E-state index in [1.54, 1.807) is 30.3 Å². The van der Waals surface area contributed by atoms with Gasteiger partial charge in [0.05, 0.1) is 12.9 Å². The normalized spacial score (nSPS) is 11.6. The molecule has 0 aromatic heterocycles. The highest BCUT2D eigenvalue weighted by Gasteiger charge is 2.08. The van der Waals surface area contributed by atoms with Crippen molar-refractivity contribution >= 4 is 15.8 Å². The van der Waals surface area contributed by atoms with E-state index in [9.17, 15) is 13.2 Å². The number of esters is 1. The zero-order valence-corrected chi connectivity index (χ0v) is 9.61. The summed E-state index contributed by atoms with van der Waals surface area (Å²) in [4.78, 5) is 10.7. The van der Waals surface area contributed by atoms with Crippen LogP contribution in [0.4, 0.5) is 0 Å². The molecule has 0 N–H and O–H groups in total. The summed E-state index contributed by atoms with van der Waals surface area (Å²) in [6, 6.07) is 8.75. The first-order valence-corrected chi connectivity index (χ1v) is 6.28. The maximum Gasteiger partial charge on any atom is 0.331 e. The van der Waals surface area contributed by atoms with E-state index >= 15 is 0 Å². The summed E-state index contributed by atoms with van der Waals surface area (Å²) < 4.78 is 27.4. The van der Waals surface area contributed by atoms with E-state index < -0.39 is 15.8 Å². The van der Waals surface area contributed by atoms with Gasteiger partial charge in [0.25, 0.3) is 0 Å². The molecule has 1 aromatic rings. The Hall–Kier alpha value is -1.62. The van der Waals surface area contributed by atoms with Gasteiger partial charge in [-0.2, -0.15) is 0 Å². The SMILES string of the molecule is COC(=O)/C=C/S(=O)(=O)Cc1ccccc1. The number of ether oxygens (including phenoxy) is 1. The highest BCUT2D eigenvalue weighted by atomic mass is 32.2. The van der Waals surface area contributed by atoms with Gasteiger partial charge in [0, 0.05) is 11.5 Å². The highest BCUT2D eigenvalue weighted by Crippen LogP contribution is 2.06. The average Bonchev–Trinajstić information content (AvgIpc) is 2.27. The van der Waals surface area contributed by atoms with Crippen LogP contribution in [0.25, 0.3) is 0 Å². The lowest BCUT2D eigenvalue weighted by Gasteiger charge is -1.98. The number of hydrogen-bond donors (Lipinski definition) is 0. The quantitative estimate of drug-likeness (QED) is 0.587. The monoisotopic (exact) mass is 240 g/mol. The lowest BCUT2D eigenvalue weighted by Crippen LogP contribution is -2.02. The van der Waals surface area contributed by atoms with Crippen molar-refractivity contribution in [3.05, 3.63) is 47.4 Å². The maximum absolute atomic E-state index is 11.5. The van der Waals surface area contributed by atoms with Crippen LogP contribution in [0.2, 0.25) is 0 Å². The number of rotatable bonds is 4. The Balaban J connectivity index is 2.74. The Labute approximate surface area is 94.5 Å². The van der Waals surface area contributed by atoms with E-state index in [1.165, 1.54) is 7.11 Å². The number of carbonyl (C=O) groups is 1. The van der Waals surface area contributed by atoms with Gasteiger partial charge in [0.15, 0.2) is 9.84 Å². The van der Waals surface area contributed by atoms with Gasteiger partial charge in [-0.25, -0.2) is 13.2 Å². The van der Waals surface area contributed by atoms with E-state index in [1.807, 2.05) is 0 Å². The van der Waals surface area contributed by atoms with Crippen molar-refractivity contribution in [2.24, 2.45) is 0 Å². The van der Waals surface area contributed by atoms with Crippen LogP contribution >= 0.6 is 0 Å². The highest BCUT2D eigenvalue weighted by molar-refractivity contribution is 7.93. The number of sulfone groups is 1. The van der Waals surface area contributed by atoms with Crippen molar-refractivity contribution in [2.75, 3.05) is 7.11 Å². The van der Waals surface area contributed by atoms with Gasteiger partial charge in [-0.05, 0) is 5.56 Å². The fraction of sp³-hybridized carbons (Fsp3) is 0.182. The fourth-order valence-electron chi connectivity index (χ4n) is 1.08. The molecule has 86 valence electrons. The van der Waals surface area contributed by atoms with E-state index in [0.717, 1.165) is 11.5 Å². The zero-order chi connectivity index (χ0) is 12.0. The molecular weight excluding hydrogens is 228 g/mol. The first kappa shape index (κ1) is 12.4. The van der Waals surface area contributed by atoms with Gasteiger partial charge in [-0.15, -0.1) is 0 Å². The summed E-state index contributed by atoms with van der Waals surface area (Å²) in [7, 11) is -2.23. The lowest BCUT2D eigenvalue weighted by molar-refractivity contribution is -0.134. The molecule has 0 amide bonds. The van der Waals surface area contributed by atoms with Crippen molar-refractivity contribution in [1.82, 2.24) is 0 Å². The van der Waals surface area contributed by atoms with Crippen LogP contribution in [-0.2, 0) is 25.1 Å². The Morgan fingerprint density at radius 2 is 1.94 bits per heavy atom. The Bertz CT molecular complexity index is 474. The van der Waals surface area contributed by atoms with Crippen molar-refractivity contribution in [1.29, 1.82) is 0 Å². The molecule has 0 saturated heterocycles. The van der Waals surface area contributed by atoms with E-state index in [2.05, 4.69) is 4.74 Å². The molecule has 0 heterocycles. The molecule has 1 rings (SSSR count). The minimum Gasteiger partial charge on any atom is -0.466 e. The molecule has 0 atom stereocenters. The van der Waals surface area contributed by atoms with Gasteiger partial charge in [-0.1, -0.05) is 30.3 Å². The molecule has 0 fully saturated rings. The molecule has 0 spiro atoms. The van der Waals surface area contributed by atoms with E-state index in [0.29, 0.717) is 5.56 Å². The minimum atomic E-state index is -3.42. The number of benzene rings is 1. The molecule has 0 unspecified atom stereocenters. The van der Waals surface area contributed by atoms with Gasteiger partial charge in [0.2, 0.25) is 0 Å². The predicted molar refractivity (Wildman–Crippen MR) is 60.2 cm³/mol. The third kappa shape index (κ3) is 4.27. The average molecular weight is 240 g/mol. The number of methoxy groups -OCH3 is 1. The molecule has 0 aliphatic rings. The third-order valence-electron chi connectivity index (χ3n) is 1.82. The van der Waals surface area contributed by atoms with Crippen molar-refractivity contribution in [2.45, 2.75) is 5.75 Å².